The molecular formula is C24H34ClNO3. The number of hydrogen-bond donors (Lipinski definition) is 1. The average molecular weight is 420 g/mol. The van der Waals surface area contributed by atoms with Crippen LogP contribution in [0.5, 0.6) is 11.5 Å². The van der Waals surface area contributed by atoms with Crippen LogP contribution >= 0.6 is 11.6 Å². The fourth-order valence-corrected chi connectivity index (χ4v) is 3.11. The van der Waals surface area contributed by atoms with E-state index >= 15 is 0 Å². The predicted octanol–water partition coefficient (Wildman–Crippen LogP) is 5.92. The smallest absolute Gasteiger partial charge is 0.163 e. The van der Waals surface area contributed by atoms with Crippen LogP contribution in [0, 0.1) is 6.92 Å². The highest BCUT2D eigenvalue weighted by molar-refractivity contribution is 6.31. The van der Waals surface area contributed by atoms with E-state index in [1.54, 1.807) is 0 Å². The summed E-state index contributed by atoms with van der Waals surface area (Å²) in [5.41, 5.74) is 3.36. The molecule has 0 heterocycles. The van der Waals surface area contributed by atoms with Crippen molar-refractivity contribution >= 4 is 11.6 Å². The summed E-state index contributed by atoms with van der Waals surface area (Å²) >= 11 is 6.51. The van der Waals surface area contributed by atoms with E-state index < -0.39 is 0 Å². The molecule has 2 aromatic carbocycles. The molecule has 0 unspecified atom stereocenters. The van der Waals surface area contributed by atoms with Gasteiger partial charge in [-0.15, -0.1) is 0 Å². The topological polar surface area (TPSA) is 39.7 Å². The van der Waals surface area contributed by atoms with Crippen molar-refractivity contribution in [1.82, 2.24) is 5.32 Å². The fourth-order valence-electron chi connectivity index (χ4n) is 2.89. The summed E-state index contributed by atoms with van der Waals surface area (Å²) in [6.07, 6.45) is 3.28. The molecule has 0 aliphatic rings. The third kappa shape index (κ3) is 8.25. The second kappa shape index (κ2) is 13.5. The van der Waals surface area contributed by atoms with Crippen LogP contribution in [0.1, 0.15) is 49.8 Å². The molecule has 0 aromatic heterocycles. The van der Waals surface area contributed by atoms with Crippen molar-refractivity contribution in [2.75, 3.05) is 26.4 Å². The zero-order chi connectivity index (χ0) is 20.9. The van der Waals surface area contributed by atoms with Crippen molar-refractivity contribution in [1.29, 1.82) is 0 Å². The molecule has 0 atom stereocenters. The Kier molecular flexibility index (Phi) is 10.9. The number of benzene rings is 2. The van der Waals surface area contributed by atoms with E-state index in [0.717, 1.165) is 49.5 Å². The van der Waals surface area contributed by atoms with E-state index in [1.807, 2.05) is 31.2 Å². The number of ether oxygens (including phenoxy) is 3. The Labute approximate surface area is 180 Å². The molecule has 0 fully saturated rings. The number of rotatable bonds is 14. The van der Waals surface area contributed by atoms with Crippen LogP contribution in [0.3, 0.4) is 0 Å². The molecule has 0 spiro atoms. The minimum absolute atomic E-state index is 0.485. The lowest BCUT2D eigenvalue weighted by molar-refractivity contribution is 0.129. The molecular weight excluding hydrogens is 386 g/mol. The SMILES string of the molecule is CCCCOCCCNCc1cc(OCC)c(OCc2ccccc2C)cc1Cl. The Morgan fingerprint density at radius 3 is 2.45 bits per heavy atom. The van der Waals surface area contributed by atoms with Crippen molar-refractivity contribution in [2.24, 2.45) is 0 Å². The molecule has 0 aliphatic carbocycles. The monoisotopic (exact) mass is 419 g/mol. The minimum atomic E-state index is 0.485. The van der Waals surface area contributed by atoms with Crippen molar-refractivity contribution in [3.8, 4) is 11.5 Å². The number of aryl methyl sites for hydroxylation is 1. The molecule has 0 bridgehead atoms. The Hall–Kier alpha value is -1.75. The van der Waals surface area contributed by atoms with Crippen LogP contribution in [0.4, 0.5) is 0 Å². The van der Waals surface area contributed by atoms with E-state index in [9.17, 15) is 0 Å². The van der Waals surface area contributed by atoms with Gasteiger partial charge in [-0.2, -0.15) is 0 Å². The van der Waals surface area contributed by atoms with Gasteiger partial charge < -0.3 is 19.5 Å². The van der Waals surface area contributed by atoms with E-state index in [0.29, 0.717) is 30.5 Å². The lowest BCUT2D eigenvalue weighted by Crippen LogP contribution is -2.17. The summed E-state index contributed by atoms with van der Waals surface area (Å²) in [4.78, 5) is 0. The second-order valence-electron chi connectivity index (χ2n) is 7.03. The summed E-state index contributed by atoms with van der Waals surface area (Å²) in [5, 5.41) is 4.11. The maximum atomic E-state index is 6.51. The van der Waals surface area contributed by atoms with Gasteiger partial charge in [-0.25, -0.2) is 0 Å². The molecule has 0 amide bonds. The van der Waals surface area contributed by atoms with E-state index in [2.05, 4.69) is 31.3 Å². The van der Waals surface area contributed by atoms with Crippen molar-refractivity contribution < 1.29 is 14.2 Å². The first-order chi connectivity index (χ1) is 14.2. The molecule has 0 saturated carbocycles. The molecule has 29 heavy (non-hydrogen) atoms. The van der Waals surface area contributed by atoms with Gasteiger partial charge in [0, 0.05) is 30.8 Å². The second-order valence-corrected chi connectivity index (χ2v) is 7.44. The largest absolute Gasteiger partial charge is 0.490 e. The van der Waals surface area contributed by atoms with Crippen LogP contribution in [-0.2, 0) is 17.9 Å². The summed E-state index contributed by atoms with van der Waals surface area (Å²) < 4.78 is 17.4. The third-order valence-corrected chi connectivity index (χ3v) is 5.01. The van der Waals surface area contributed by atoms with Crippen molar-refractivity contribution in [3.63, 3.8) is 0 Å². The van der Waals surface area contributed by atoms with E-state index in [1.165, 1.54) is 12.0 Å². The van der Waals surface area contributed by atoms with Crippen molar-refractivity contribution in [2.45, 2.75) is 53.2 Å². The number of hydrogen-bond acceptors (Lipinski definition) is 4. The molecule has 2 aromatic rings. The van der Waals surface area contributed by atoms with Gasteiger partial charge in [-0.1, -0.05) is 49.2 Å². The first kappa shape index (κ1) is 23.5. The van der Waals surface area contributed by atoms with Gasteiger partial charge in [0.1, 0.15) is 6.61 Å². The minimum Gasteiger partial charge on any atom is -0.490 e. The maximum absolute atomic E-state index is 6.51. The molecule has 5 heteroatoms. The summed E-state index contributed by atoms with van der Waals surface area (Å²) in [6, 6.07) is 12.0. The van der Waals surface area contributed by atoms with Crippen LogP contribution in [0.2, 0.25) is 5.02 Å². The molecule has 0 aliphatic heterocycles. The zero-order valence-electron chi connectivity index (χ0n) is 17.9. The lowest BCUT2D eigenvalue weighted by Gasteiger charge is -2.16. The highest BCUT2D eigenvalue weighted by atomic mass is 35.5. The van der Waals surface area contributed by atoms with Gasteiger partial charge in [-0.05, 0) is 56.0 Å². The number of unbranched alkanes of at least 4 members (excludes halogenated alkanes) is 1. The summed E-state index contributed by atoms with van der Waals surface area (Å²) in [6.45, 7) is 10.5. The third-order valence-electron chi connectivity index (χ3n) is 4.66. The van der Waals surface area contributed by atoms with Crippen LogP contribution in [0.15, 0.2) is 36.4 Å². The molecule has 0 saturated heterocycles. The maximum Gasteiger partial charge on any atom is 0.163 e. The van der Waals surface area contributed by atoms with Gasteiger partial charge in [0.2, 0.25) is 0 Å². The highest BCUT2D eigenvalue weighted by Crippen LogP contribution is 2.34. The average Bonchev–Trinajstić information content (AvgIpc) is 2.72. The number of halogens is 1. The molecule has 1 N–H and O–H groups in total. The van der Waals surface area contributed by atoms with Crippen LogP contribution in [0.25, 0.3) is 0 Å². The van der Waals surface area contributed by atoms with Gasteiger partial charge >= 0.3 is 0 Å². The Balaban J connectivity index is 1.90. The molecule has 4 nitrogen and oxygen atoms in total. The molecule has 160 valence electrons. The molecule has 0 radical (unpaired) electrons. The summed E-state index contributed by atoms with van der Waals surface area (Å²) in [7, 11) is 0. The van der Waals surface area contributed by atoms with Gasteiger partial charge in [0.25, 0.3) is 0 Å². The first-order valence-corrected chi connectivity index (χ1v) is 10.9. The van der Waals surface area contributed by atoms with Gasteiger partial charge in [0.15, 0.2) is 11.5 Å². The quantitative estimate of drug-likeness (QED) is 0.385. The normalized spacial score (nSPS) is 10.9. The van der Waals surface area contributed by atoms with Crippen molar-refractivity contribution in [3.05, 3.63) is 58.1 Å². The fraction of sp³-hybridized carbons (Fsp3) is 0.500. The van der Waals surface area contributed by atoms with E-state index in [-0.39, 0.29) is 0 Å². The lowest BCUT2D eigenvalue weighted by atomic mass is 10.1. The Morgan fingerprint density at radius 1 is 0.931 bits per heavy atom. The summed E-state index contributed by atoms with van der Waals surface area (Å²) in [5.74, 6) is 1.40. The van der Waals surface area contributed by atoms with E-state index in [4.69, 9.17) is 25.8 Å². The van der Waals surface area contributed by atoms with Crippen LogP contribution < -0.4 is 14.8 Å². The first-order valence-electron chi connectivity index (χ1n) is 10.6. The molecule has 2 rings (SSSR count). The Morgan fingerprint density at radius 2 is 1.69 bits per heavy atom. The van der Waals surface area contributed by atoms with Gasteiger partial charge in [0.05, 0.1) is 6.61 Å². The zero-order valence-corrected chi connectivity index (χ0v) is 18.7. The standard InChI is InChI=1S/C24H34ClNO3/c1-4-6-13-27-14-9-12-26-17-21-15-23(28-5-2)24(16-22(21)25)29-18-20-11-8-7-10-19(20)3/h7-8,10-11,15-16,26H,4-6,9,12-14,17-18H2,1-3H3. The van der Waals surface area contributed by atoms with Gasteiger partial charge in [-0.3, -0.25) is 0 Å². The Bertz CT molecular complexity index is 736. The predicted molar refractivity (Wildman–Crippen MR) is 120 cm³/mol. The number of nitrogens with one attached hydrogen (secondary N) is 1. The van der Waals surface area contributed by atoms with Crippen LogP contribution in [-0.4, -0.2) is 26.4 Å². The highest BCUT2D eigenvalue weighted by Gasteiger charge is 2.12.